The van der Waals surface area contributed by atoms with E-state index in [0.29, 0.717) is 6.61 Å². The van der Waals surface area contributed by atoms with Gasteiger partial charge in [-0.3, -0.25) is 0 Å². The van der Waals surface area contributed by atoms with Crippen molar-refractivity contribution in [1.82, 2.24) is 0 Å². The molecule has 66 valence electrons. The van der Waals surface area contributed by atoms with Crippen molar-refractivity contribution in [3.05, 3.63) is 35.9 Å². The van der Waals surface area contributed by atoms with Gasteiger partial charge in [0.25, 0.3) is 7.73 Å². The van der Waals surface area contributed by atoms with Crippen LogP contribution in [0.4, 0.5) is 0 Å². The second-order valence-corrected chi connectivity index (χ2v) is 4.03. The molecule has 0 amide bonds. The lowest BCUT2D eigenvalue weighted by Crippen LogP contribution is -1.85. The highest BCUT2D eigenvalue weighted by molar-refractivity contribution is 7.76. The van der Waals surface area contributed by atoms with Crippen molar-refractivity contribution in [2.75, 3.05) is 7.11 Å². The van der Waals surface area contributed by atoms with Crippen LogP contribution >= 0.6 is 19.0 Å². The fraction of sp³-hybridized carbons (Fsp3) is 0.250. The predicted octanol–water partition coefficient (Wildman–Crippen LogP) is 3.32. The lowest BCUT2D eigenvalue weighted by atomic mass is 10.2. The van der Waals surface area contributed by atoms with Crippen LogP contribution in [0.1, 0.15) is 5.56 Å². The molecule has 2 nitrogen and oxygen atoms in total. The molecule has 0 fully saturated rings. The van der Waals surface area contributed by atoms with Crippen LogP contribution < -0.4 is 0 Å². The maximum absolute atomic E-state index is 5.64. The zero-order chi connectivity index (χ0) is 8.81. The number of rotatable bonds is 4. The molecule has 0 aliphatic heterocycles. The fourth-order valence-corrected chi connectivity index (χ4v) is 1.25. The maximum atomic E-state index is 5.64. The molecule has 0 saturated carbocycles. The summed E-state index contributed by atoms with van der Waals surface area (Å²) in [4.78, 5) is 0. The van der Waals surface area contributed by atoms with E-state index in [4.69, 9.17) is 20.3 Å². The molecule has 0 saturated heterocycles. The van der Waals surface area contributed by atoms with Crippen molar-refractivity contribution in [1.29, 1.82) is 0 Å². The largest absolute Gasteiger partial charge is 0.326 e. The lowest BCUT2D eigenvalue weighted by molar-refractivity contribution is 0.286. The fourth-order valence-electron chi connectivity index (χ4n) is 0.752. The van der Waals surface area contributed by atoms with E-state index in [1.54, 1.807) is 0 Å². The van der Waals surface area contributed by atoms with Crippen molar-refractivity contribution in [2.45, 2.75) is 6.61 Å². The zero-order valence-electron chi connectivity index (χ0n) is 6.74. The summed E-state index contributed by atoms with van der Waals surface area (Å²) < 4.78 is 9.97. The summed E-state index contributed by atoms with van der Waals surface area (Å²) in [6.45, 7) is 0.504. The van der Waals surface area contributed by atoms with E-state index in [9.17, 15) is 0 Å². The Hall–Kier alpha value is -0.140. The van der Waals surface area contributed by atoms with Crippen LogP contribution in [0.3, 0.4) is 0 Å². The number of hydrogen-bond acceptors (Lipinski definition) is 2. The van der Waals surface area contributed by atoms with Crippen molar-refractivity contribution in [3.63, 3.8) is 0 Å². The number of benzene rings is 1. The van der Waals surface area contributed by atoms with Gasteiger partial charge < -0.3 is 9.05 Å². The Labute approximate surface area is 78.2 Å². The molecule has 1 atom stereocenters. The van der Waals surface area contributed by atoms with Gasteiger partial charge in [0.15, 0.2) is 0 Å². The average Bonchev–Trinajstić information content (AvgIpc) is 2.16. The molecule has 0 radical (unpaired) electrons. The van der Waals surface area contributed by atoms with Crippen LogP contribution in [0.25, 0.3) is 0 Å². The van der Waals surface area contributed by atoms with Gasteiger partial charge in [-0.05, 0) is 16.8 Å². The van der Waals surface area contributed by atoms with Crippen LogP contribution in [0, 0.1) is 0 Å². The average molecular weight is 205 g/mol. The van der Waals surface area contributed by atoms with Gasteiger partial charge >= 0.3 is 0 Å². The van der Waals surface area contributed by atoms with E-state index in [1.165, 1.54) is 7.11 Å². The van der Waals surface area contributed by atoms with Gasteiger partial charge in [0.2, 0.25) is 0 Å². The first-order chi connectivity index (χ1) is 5.83. The van der Waals surface area contributed by atoms with Gasteiger partial charge in [-0.25, -0.2) is 0 Å². The van der Waals surface area contributed by atoms with Gasteiger partial charge in [0.05, 0.1) is 6.61 Å². The van der Waals surface area contributed by atoms with Crippen LogP contribution in [0.5, 0.6) is 0 Å². The SMILES string of the molecule is COP(Cl)OCc1ccccc1. The van der Waals surface area contributed by atoms with Crippen molar-refractivity contribution in [2.24, 2.45) is 0 Å². The monoisotopic (exact) mass is 204 g/mol. The second-order valence-electron chi connectivity index (χ2n) is 2.15. The first-order valence-corrected chi connectivity index (χ1v) is 5.58. The molecule has 0 spiro atoms. The minimum atomic E-state index is -1.23. The Morgan fingerprint density at radius 2 is 2.00 bits per heavy atom. The molecule has 1 unspecified atom stereocenters. The van der Waals surface area contributed by atoms with Crippen molar-refractivity contribution >= 4 is 19.0 Å². The Morgan fingerprint density at radius 3 is 2.58 bits per heavy atom. The molecule has 0 heterocycles. The summed E-state index contributed by atoms with van der Waals surface area (Å²) in [5.74, 6) is 0. The van der Waals surface area contributed by atoms with E-state index in [-0.39, 0.29) is 0 Å². The van der Waals surface area contributed by atoms with Crippen LogP contribution in [-0.2, 0) is 15.7 Å². The van der Waals surface area contributed by atoms with Gasteiger partial charge in [0.1, 0.15) is 0 Å². The summed E-state index contributed by atoms with van der Waals surface area (Å²) in [7, 11) is 0.302. The van der Waals surface area contributed by atoms with E-state index in [0.717, 1.165) is 5.56 Å². The topological polar surface area (TPSA) is 18.5 Å². The van der Waals surface area contributed by atoms with Gasteiger partial charge in [-0.1, -0.05) is 30.3 Å². The van der Waals surface area contributed by atoms with E-state index in [1.807, 2.05) is 30.3 Å². The Morgan fingerprint density at radius 1 is 1.33 bits per heavy atom. The molecule has 1 rings (SSSR count). The zero-order valence-corrected chi connectivity index (χ0v) is 8.39. The molecule has 1 aromatic carbocycles. The third kappa shape index (κ3) is 3.51. The smallest absolute Gasteiger partial charge is 0.276 e. The van der Waals surface area contributed by atoms with Gasteiger partial charge in [0, 0.05) is 7.11 Å². The molecular weight excluding hydrogens is 195 g/mol. The first kappa shape index (κ1) is 9.94. The Kier molecular flexibility index (Phi) is 4.55. The van der Waals surface area contributed by atoms with Gasteiger partial charge in [-0.2, -0.15) is 0 Å². The summed E-state index contributed by atoms with van der Waals surface area (Å²) in [5, 5.41) is 0. The molecular formula is C8H10ClO2P. The number of halogens is 1. The first-order valence-electron chi connectivity index (χ1n) is 3.50. The molecule has 1 aromatic rings. The Balaban J connectivity index is 2.33. The molecule has 0 bridgehead atoms. The third-order valence-electron chi connectivity index (χ3n) is 1.32. The highest BCUT2D eigenvalue weighted by atomic mass is 35.7. The normalized spacial score (nSPS) is 12.8. The lowest BCUT2D eigenvalue weighted by Gasteiger charge is -2.06. The third-order valence-corrected chi connectivity index (χ3v) is 2.65. The summed E-state index contributed by atoms with van der Waals surface area (Å²) in [6, 6.07) is 9.85. The molecule has 0 aliphatic carbocycles. The summed E-state index contributed by atoms with van der Waals surface area (Å²) >= 11 is 5.64. The predicted molar refractivity (Wildman–Crippen MR) is 51.0 cm³/mol. The molecule has 0 aliphatic rings. The van der Waals surface area contributed by atoms with Crippen molar-refractivity contribution < 1.29 is 9.05 Å². The number of hydrogen-bond donors (Lipinski definition) is 0. The minimum Gasteiger partial charge on any atom is -0.326 e. The van der Waals surface area contributed by atoms with Crippen molar-refractivity contribution in [3.8, 4) is 0 Å². The standard InChI is InChI=1S/C8H10ClO2P/c1-10-12(9)11-7-8-5-3-2-4-6-8/h2-6H,7H2,1H3. The van der Waals surface area contributed by atoms with E-state index < -0.39 is 7.73 Å². The van der Waals surface area contributed by atoms with Crippen LogP contribution in [-0.4, -0.2) is 7.11 Å². The molecule has 0 aromatic heterocycles. The highest BCUT2D eigenvalue weighted by Crippen LogP contribution is 2.43. The molecule has 4 heteroatoms. The Bertz CT molecular complexity index is 218. The van der Waals surface area contributed by atoms with Gasteiger partial charge in [-0.15, -0.1) is 0 Å². The van der Waals surface area contributed by atoms with Crippen LogP contribution in [0.15, 0.2) is 30.3 Å². The molecule has 12 heavy (non-hydrogen) atoms. The summed E-state index contributed by atoms with van der Waals surface area (Å²) in [6.07, 6.45) is 0. The maximum Gasteiger partial charge on any atom is 0.276 e. The quantitative estimate of drug-likeness (QED) is 0.701. The van der Waals surface area contributed by atoms with E-state index >= 15 is 0 Å². The molecule has 0 N–H and O–H groups in total. The van der Waals surface area contributed by atoms with Crippen LogP contribution in [0.2, 0.25) is 0 Å². The second kappa shape index (κ2) is 5.50. The summed E-state index contributed by atoms with van der Waals surface area (Å²) in [5.41, 5.74) is 1.10. The highest BCUT2D eigenvalue weighted by Gasteiger charge is 2.02. The van der Waals surface area contributed by atoms with E-state index in [2.05, 4.69) is 0 Å². The minimum absolute atomic E-state index is 0.504.